The zero-order chi connectivity index (χ0) is 8.10. The molecule has 0 fully saturated rings. The molecular formula is C11H16. The minimum absolute atomic E-state index is 0.760. The van der Waals surface area contributed by atoms with Gasteiger partial charge in [-0.1, -0.05) is 44.2 Å². The molecule has 0 aliphatic heterocycles. The third-order valence-corrected chi connectivity index (χ3v) is 2.26. The van der Waals surface area contributed by atoms with E-state index in [-0.39, 0.29) is 0 Å². The summed E-state index contributed by atoms with van der Waals surface area (Å²) < 4.78 is 0. The molecule has 60 valence electrons. The van der Waals surface area contributed by atoms with Crippen molar-refractivity contribution in [3.8, 4) is 0 Å². The molecule has 0 saturated heterocycles. The minimum atomic E-state index is 0.760. The second-order valence-electron chi connectivity index (χ2n) is 2.92. The van der Waals surface area contributed by atoms with E-state index < -0.39 is 0 Å². The van der Waals surface area contributed by atoms with Gasteiger partial charge in [-0.2, -0.15) is 0 Å². The molecule has 0 unspecified atom stereocenters. The number of rotatable bonds is 3. The summed E-state index contributed by atoms with van der Waals surface area (Å²) >= 11 is 0. The van der Waals surface area contributed by atoms with Crippen LogP contribution in [0.15, 0.2) is 30.3 Å². The van der Waals surface area contributed by atoms with Gasteiger partial charge in [0.15, 0.2) is 0 Å². The smallest absolute Gasteiger partial charge is 0.0167 e. The van der Waals surface area contributed by atoms with Crippen molar-refractivity contribution in [1.29, 1.82) is 0 Å². The Morgan fingerprint density at radius 3 is 2.00 bits per heavy atom. The fourth-order valence-corrected chi connectivity index (χ4v) is 1.49. The molecule has 0 heterocycles. The molecule has 1 aromatic rings. The third-order valence-electron chi connectivity index (χ3n) is 2.26. The number of hydrogen-bond donors (Lipinski definition) is 0. The van der Waals surface area contributed by atoms with E-state index in [2.05, 4.69) is 44.2 Å². The van der Waals surface area contributed by atoms with Gasteiger partial charge in [-0.3, -0.25) is 0 Å². The van der Waals surface area contributed by atoms with E-state index >= 15 is 0 Å². The lowest BCUT2D eigenvalue weighted by molar-refractivity contribution is 0.642. The van der Waals surface area contributed by atoms with Gasteiger partial charge in [0.1, 0.15) is 0 Å². The van der Waals surface area contributed by atoms with Gasteiger partial charge in [-0.15, -0.1) is 0 Å². The van der Waals surface area contributed by atoms with Crippen LogP contribution >= 0.6 is 0 Å². The fraction of sp³-hybridized carbons (Fsp3) is 0.455. The molecule has 0 aliphatic carbocycles. The van der Waals surface area contributed by atoms with E-state index in [4.69, 9.17) is 0 Å². The quantitative estimate of drug-likeness (QED) is 0.614. The molecule has 0 N–H and O–H groups in total. The van der Waals surface area contributed by atoms with Gasteiger partial charge in [0.05, 0.1) is 0 Å². The van der Waals surface area contributed by atoms with E-state index in [1.807, 2.05) is 0 Å². The van der Waals surface area contributed by atoms with Crippen LogP contribution in [0.3, 0.4) is 0 Å². The maximum atomic E-state index is 2.25. The molecule has 1 aromatic carbocycles. The van der Waals surface area contributed by atoms with Crippen molar-refractivity contribution in [1.82, 2.24) is 0 Å². The number of benzene rings is 1. The second-order valence-corrected chi connectivity index (χ2v) is 2.92. The molecule has 0 radical (unpaired) electrons. The molecule has 0 nitrogen and oxygen atoms in total. The second kappa shape index (κ2) is 4.17. The monoisotopic (exact) mass is 148 g/mol. The molecule has 0 heteroatoms. The topological polar surface area (TPSA) is 0 Å². The summed E-state index contributed by atoms with van der Waals surface area (Å²) in [5.74, 6) is 0.760. The van der Waals surface area contributed by atoms with Crippen LogP contribution in [-0.2, 0) is 0 Å². The predicted octanol–water partition coefficient (Wildman–Crippen LogP) is 3.59. The molecule has 11 heavy (non-hydrogen) atoms. The normalized spacial score (nSPS) is 10.5. The molecule has 0 aromatic heterocycles. The Bertz CT molecular complexity index is 184. The largest absolute Gasteiger partial charge is 0.0648 e. The molecule has 0 amide bonds. The lowest BCUT2D eigenvalue weighted by Crippen LogP contribution is -1.93. The van der Waals surface area contributed by atoms with E-state index in [0.29, 0.717) is 0 Å². The molecule has 0 atom stereocenters. The van der Waals surface area contributed by atoms with Gasteiger partial charge in [0, 0.05) is 0 Å². The minimum Gasteiger partial charge on any atom is -0.0648 e. The van der Waals surface area contributed by atoms with Gasteiger partial charge < -0.3 is 0 Å². The van der Waals surface area contributed by atoms with Gasteiger partial charge in [-0.25, -0.2) is 0 Å². The van der Waals surface area contributed by atoms with E-state index in [0.717, 1.165) is 5.92 Å². The predicted molar refractivity (Wildman–Crippen MR) is 49.8 cm³/mol. The van der Waals surface area contributed by atoms with Crippen molar-refractivity contribution >= 4 is 0 Å². The Kier molecular flexibility index (Phi) is 3.15. The van der Waals surface area contributed by atoms with Gasteiger partial charge in [0.25, 0.3) is 0 Å². The maximum Gasteiger partial charge on any atom is -0.0167 e. The Labute approximate surface area is 69.3 Å². The van der Waals surface area contributed by atoms with Crippen LogP contribution in [0.4, 0.5) is 0 Å². The molecule has 1 rings (SSSR count). The first-order valence-corrected chi connectivity index (χ1v) is 4.43. The van der Waals surface area contributed by atoms with Crippen LogP contribution in [0.1, 0.15) is 38.2 Å². The summed E-state index contributed by atoms with van der Waals surface area (Å²) in [7, 11) is 0. The standard InChI is InChI=1S/C11H16/c1-3-10(4-2)11-8-6-5-7-9-11/h5-10H,3-4H2,1-2H3. The summed E-state index contributed by atoms with van der Waals surface area (Å²) in [5.41, 5.74) is 1.48. The van der Waals surface area contributed by atoms with Crippen LogP contribution in [0.25, 0.3) is 0 Å². The molecule has 0 aliphatic rings. The van der Waals surface area contributed by atoms with Crippen LogP contribution in [0.5, 0.6) is 0 Å². The Hall–Kier alpha value is -0.780. The van der Waals surface area contributed by atoms with Gasteiger partial charge in [0.2, 0.25) is 0 Å². The van der Waals surface area contributed by atoms with Crippen molar-refractivity contribution in [2.45, 2.75) is 32.6 Å². The highest BCUT2D eigenvalue weighted by atomic mass is 14.1. The molecular weight excluding hydrogens is 132 g/mol. The summed E-state index contributed by atoms with van der Waals surface area (Å²) in [4.78, 5) is 0. The summed E-state index contributed by atoms with van der Waals surface area (Å²) in [5, 5.41) is 0. The van der Waals surface area contributed by atoms with Crippen molar-refractivity contribution in [2.75, 3.05) is 0 Å². The van der Waals surface area contributed by atoms with Crippen molar-refractivity contribution < 1.29 is 0 Å². The average molecular weight is 148 g/mol. The first-order valence-electron chi connectivity index (χ1n) is 4.43. The first-order chi connectivity index (χ1) is 5.38. The van der Waals surface area contributed by atoms with Crippen molar-refractivity contribution in [2.24, 2.45) is 0 Å². The summed E-state index contributed by atoms with van der Waals surface area (Å²) in [6, 6.07) is 10.8. The van der Waals surface area contributed by atoms with Gasteiger partial charge >= 0.3 is 0 Å². The average Bonchev–Trinajstić information content (AvgIpc) is 2.09. The first kappa shape index (κ1) is 8.32. The van der Waals surface area contributed by atoms with Crippen LogP contribution < -0.4 is 0 Å². The highest BCUT2D eigenvalue weighted by Gasteiger charge is 2.03. The Morgan fingerprint density at radius 1 is 1.00 bits per heavy atom. The van der Waals surface area contributed by atoms with Crippen LogP contribution in [0, 0.1) is 0 Å². The van der Waals surface area contributed by atoms with Gasteiger partial charge in [-0.05, 0) is 24.3 Å². The highest BCUT2D eigenvalue weighted by Crippen LogP contribution is 2.21. The zero-order valence-electron chi connectivity index (χ0n) is 7.38. The van der Waals surface area contributed by atoms with E-state index in [9.17, 15) is 0 Å². The van der Waals surface area contributed by atoms with Crippen LogP contribution in [-0.4, -0.2) is 0 Å². The summed E-state index contributed by atoms with van der Waals surface area (Å²) in [6.45, 7) is 4.50. The van der Waals surface area contributed by atoms with E-state index in [1.54, 1.807) is 0 Å². The fourth-order valence-electron chi connectivity index (χ4n) is 1.49. The van der Waals surface area contributed by atoms with Crippen molar-refractivity contribution in [3.63, 3.8) is 0 Å². The lowest BCUT2D eigenvalue weighted by atomic mass is 9.94. The Morgan fingerprint density at radius 2 is 1.55 bits per heavy atom. The maximum absolute atomic E-state index is 2.25. The Balaban J connectivity index is 2.74. The number of hydrogen-bond acceptors (Lipinski definition) is 0. The molecule has 0 spiro atoms. The zero-order valence-corrected chi connectivity index (χ0v) is 7.38. The molecule has 0 saturated carbocycles. The highest BCUT2D eigenvalue weighted by molar-refractivity contribution is 5.18. The van der Waals surface area contributed by atoms with Crippen molar-refractivity contribution in [3.05, 3.63) is 35.9 Å². The lowest BCUT2D eigenvalue weighted by Gasteiger charge is -2.11. The third kappa shape index (κ3) is 2.07. The SMILES string of the molecule is CCC(CC)c1ccccc1. The van der Waals surface area contributed by atoms with Crippen LogP contribution in [0.2, 0.25) is 0 Å². The molecule has 0 bridgehead atoms. The van der Waals surface area contributed by atoms with E-state index in [1.165, 1.54) is 18.4 Å². The summed E-state index contributed by atoms with van der Waals surface area (Å²) in [6.07, 6.45) is 2.50.